The van der Waals surface area contributed by atoms with Crippen LogP contribution >= 0.6 is 0 Å². The predicted octanol–water partition coefficient (Wildman–Crippen LogP) is 3.12. The van der Waals surface area contributed by atoms with Crippen LogP contribution in [-0.2, 0) is 0 Å². The average Bonchev–Trinajstić information content (AvgIpc) is 3.07. The summed E-state index contributed by atoms with van der Waals surface area (Å²) in [6, 6.07) is 1.91. The minimum absolute atomic E-state index is 0.0865. The maximum absolute atomic E-state index is 12.6. The Hall–Kier alpha value is -1.36. The van der Waals surface area contributed by atoms with Crippen LogP contribution < -0.4 is 0 Å². The van der Waals surface area contributed by atoms with Gasteiger partial charge < -0.3 is 9.80 Å². The molecule has 0 spiro atoms. The van der Waals surface area contributed by atoms with Crippen molar-refractivity contribution >= 4 is 5.91 Å². The summed E-state index contributed by atoms with van der Waals surface area (Å²) in [6.45, 7) is 12.0. The lowest BCUT2D eigenvalue weighted by Gasteiger charge is -2.37. The first-order valence-electron chi connectivity index (χ1n) is 9.60. The van der Waals surface area contributed by atoms with Crippen molar-refractivity contribution in [3.8, 4) is 0 Å². The van der Waals surface area contributed by atoms with Crippen LogP contribution in [0.4, 0.5) is 0 Å². The van der Waals surface area contributed by atoms with Crippen molar-refractivity contribution in [1.29, 1.82) is 0 Å². The SMILES string of the molecule is CC1CCN(CC2CCN(C(=O)c3cc(C(C)C)[nH]n3)CC2)CC1. The van der Waals surface area contributed by atoms with E-state index < -0.39 is 0 Å². The van der Waals surface area contributed by atoms with Gasteiger partial charge in [-0.2, -0.15) is 5.10 Å². The molecule has 1 aromatic rings. The number of rotatable bonds is 4. The molecule has 3 rings (SSSR count). The first-order valence-corrected chi connectivity index (χ1v) is 9.60. The Kier molecular flexibility index (Phi) is 5.59. The largest absolute Gasteiger partial charge is 0.337 e. The van der Waals surface area contributed by atoms with Gasteiger partial charge in [0.15, 0.2) is 0 Å². The Balaban J connectivity index is 1.46. The average molecular weight is 332 g/mol. The zero-order chi connectivity index (χ0) is 17.1. The third kappa shape index (κ3) is 4.18. The lowest BCUT2D eigenvalue weighted by Crippen LogP contribution is -2.43. The molecule has 2 aliphatic rings. The molecule has 0 bridgehead atoms. The number of hydrogen-bond acceptors (Lipinski definition) is 3. The summed E-state index contributed by atoms with van der Waals surface area (Å²) in [7, 11) is 0. The van der Waals surface area contributed by atoms with E-state index in [-0.39, 0.29) is 5.91 Å². The normalized spacial score (nSPS) is 21.6. The molecule has 0 saturated carbocycles. The molecule has 134 valence electrons. The zero-order valence-corrected chi connectivity index (χ0v) is 15.4. The van der Waals surface area contributed by atoms with Crippen LogP contribution in [0, 0.1) is 11.8 Å². The zero-order valence-electron chi connectivity index (χ0n) is 15.4. The van der Waals surface area contributed by atoms with Gasteiger partial charge in [0.25, 0.3) is 5.91 Å². The third-order valence-electron chi connectivity index (χ3n) is 5.73. The van der Waals surface area contributed by atoms with Crippen molar-refractivity contribution < 1.29 is 4.79 Å². The molecule has 24 heavy (non-hydrogen) atoms. The second-order valence-corrected chi connectivity index (χ2v) is 8.08. The Morgan fingerprint density at radius 3 is 2.46 bits per heavy atom. The molecule has 0 radical (unpaired) electrons. The number of amides is 1. The molecule has 0 atom stereocenters. The van der Waals surface area contributed by atoms with E-state index in [1.54, 1.807) is 0 Å². The number of carbonyl (C=O) groups is 1. The van der Waals surface area contributed by atoms with Gasteiger partial charge in [-0.15, -0.1) is 0 Å². The molecular weight excluding hydrogens is 300 g/mol. The van der Waals surface area contributed by atoms with Gasteiger partial charge in [-0.25, -0.2) is 0 Å². The van der Waals surface area contributed by atoms with Crippen molar-refractivity contribution in [2.24, 2.45) is 11.8 Å². The Morgan fingerprint density at radius 1 is 1.21 bits per heavy atom. The summed E-state index contributed by atoms with van der Waals surface area (Å²) in [4.78, 5) is 17.2. The molecule has 1 N–H and O–H groups in total. The predicted molar refractivity (Wildman–Crippen MR) is 96.1 cm³/mol. The van der Waals surface area contributed by atoms with Crippen LogP contribution in [0.1, 0.15) is 68.6 Å². The molecule has 1 amide bonds. The van der Waals surface area contributed by atoms with Gasteiger partial charge in [0.1, 0.15) is 5.69 Å². The van der Waals surface area contributed by atoms with Crippen molar-refractivity contribution in [1.82, 2.24) is 20.0 Å². The van der Waals surface area contributed by atoms with Gasteiger partial charge in [0.05, 0.1) is 0 Å². The van der Waals surface area contributed by atoms with E-state index in [1.807, 2.05) is 11.0 Å². The molecular formula is C19H32N4O. The molecule has 2 fully saturated rings. The highest BCUT2D eigenvalue weighted by Gasteiger charge is 2.27. The van der Waals surface area contributed by atoms with Crippen molar-refractivity contribution in [3.05, 3.63) is 17.5 Å². The molecule has 0 unspecified atom stereocenters. The number of hydrogen-bond donors (Lipinski definition) is 1. The van der Waals surface area contributed by atoms with E-state index in [1.165, 1.54) is 32.5 Å². The second-order valence-electron chi connectivity index (χ2n) is 8.08. The number of nitrogens with zero attached hydrogens (tertiary/aromatic N) is 3. The minimum atomic E-state index is 0.0865. The fourth-order valence-corrected chi connectivity index (χ4v) is 3.83. The molecule has 1 aromatic heterocycles. The van der Waals surface area contributed by atoms with Crippen LogP contribution in [0.5, 0.6) is 0 Å². The summed E-state index contributed by atoms with van der Waals surface area (Å²) in [5, 5.41) is 7.20. The number of aromatic amines is 1. The Labute approximate surface area is 145 Å². The molecule has 2 saturated heterocycles. The monoisotopic (exact) mass is 332 g/mol. The van der Waals surface area contributed by atoms with E-state index in [4.69, 9.17) is 0 Å². The smallest absolute Gasteiger partial charge is 0.274 e. The summed E-state index contributed by atoms with van der Waals surface area (Å²) in [5.74, 6) is 2.10. The Morgan fingerprint density at radius 2 is 1.88 bits per heavy atom. The number of nitrogens with one attached hydrogen (secondary N) is 1. The van der Waals surface area contributed by atoms with Gasteiger partial charge in [-0.3, -0.25) is 9.89 Å². The molecule has 3 heterocycles. The highest BCUT2D eigenvalue weighted by Crippen LogP contribution is 2.23. The standard InChI is InChI=1S/C19H32N4O/c1-14(2)17-12-18(21-20-17)19(24)23-10-6-16(7-11-23)13-22-8-4-15(3)5-9-22/h12,14-16H,4-11,13H2,1-3H3,(H,20,21). The molecule has 5 nitrogen and oxygen atoms in total. The van der Waals surface area contributed by atoms with Gasteiger partial charge in [0.2, 0.25) is 0 Å². The van der Waals surface area contributed by atoms with E-state index >= 15 is 0 Å². The van der Waals surface area contributed by atoms with Gasteiger partial charge in [-0.1, -0.05) is 20.8 Å². The van der Waals surface area contributed by atoms with Crippen LogP contribution in [0.25, 0.3) is 0 Å². The Bertz CT molecular complexity index is 537. The van der Waals surface area contributed by atoms with Crippen LogP contribution in [0.3, 0.4) is 0 Å². The summed E-state index contributed by atoms with van der Waals surface area (Å²) < 4.78 is 0. The molecule has 2 aliphatic heterocycles. The van der Waals surface area contributed by atoms with Crippen molar-refractivity contribution in [2.75, 3.05) is 32.7 Å². The number of piperidine rings is 2. The van der Waals surface area contributed by atoms with Gasteiger partial charge in [-0.05, 0) is 62.6 Å². The topological polar surface area (TPSA) is 52.2 Å². The summed E-state index contributed by atoms with van der Waals surface area (Å²) in [6.07, 6.45) is 4.93. The van der Waals surface area contributed by atoms with Gasteiger partial charge in [0, 0.05) is 25.3 Å². The van der Waals surface area contributed by atoms with Crippen LogP contribution in [0.2, 0.25) is 0 Å². The van der Waals surface area contributed by atoms with E-state index in [2.05, 4.69) is 35.9 Å². The fraction of sp³-hybridized carbons (Fsp3) is 0.789. The number of aromatic nitrogens is 2. The molecule has 0 aliphatic carbocycles. The number of likely N-dealkylation sites (tertiary alicyclic amines) is 2. The summed E-state index contributed by atoms with van der Waals surface area (Å²) >= 11 is 0. The van der Waals surface area contributed by atoms with E-state index in [9.17, 15) is 4.79 Å². The second kappa shape index (κ2) is 7.68. The number of H-pyrrole nitrogens is 1. The third-order valence-corrected chi connectivity index (χ3v) is 5.73. The first-order chi connectivity index (χ1) is 11.5. The van der Waals surface area contributed by atoms with Crippen molar-refractivity contribution in [2.45, 2.75) is 52.4 Å². The molecule has 0 aromatic carbocycles. The van der Waals surface area contributed by atoms with E-state index in [0.29, 0.717) is 11.6 Å². The fourth-order valence-electron chi connectivity index (χ4n) is 3.83. The quantitative estimate of drug-likeness (QED) is 0.922. The van der Waals surface area contributed by atoms with Crippen molar-refractivity contribution in [3.63, 3.8) is 0 Å². The molecule has 5 heteroatoms. The highest BCUT2D eigenvalue weighted by molar-refractivity contribution is 5.92. The summed E-state index contributed by atoms with van der Waals surface area (Å²) in [5.41, 5.74) is 1.61. The lowest BCUT2D eigenvalue weighted by atomic mass is 9.93. The first kappa shape index (κ1) is 17.5. The maximum atomic E-state index is 12.6. The van der Waals surface area contributed by atoms with Crippen LogP contribution in [-0.4, -0.2) is 58.6 Å². The lowest BCUT2D eigenvalue weighted by molar-refractivity contribution is 0.0648. The van der Waals surface area contributed by atoms with Crippen LogP contribution in [0.15, 0.2) is 6.07 Å². The van der Waals surface area contributed by atoms with Gasteiger partial charge >= 0.3 is 0 Å². The minimum Gasteiger partial charge on any atom is -0.337 e. The maximum Gasteiger partial charge on any atom is 0.274 e. The number of carbonyl (C=O) groups excluding carboxylic acids is 1. The highest BCUT2D eigenvalue weighted by atomic mass is 16.2. The van der Waals surface area contributed by atoms with E-state index in [0.717, 1.165) is 43.5 Å².